The van der Waals surface area contributed by atoms with Crippen molar-refractivity contribution in [3.05, 3.63) is 29.3 Å². The number of hydrogen-bond acceptors (Lipinski definition) is 6. The van der Waals surface area contributed by atoms with Crippen molar-refractivity contribution in [3.63, 3.8) is 0 Å². The summed E-state index contributed by atoms with van der Waals surface area (Å²) in [5, 5.41) is 0. The van der Waals surface area contributed by atoms with Gasteiger partial charge in [0.1, 0.15) is 5.92 Å². The van der Waals surface area contributed by atoms with Crippen molar-refractivity contribution in [3.8, 4) is 0 Å². The Morgan fingerprint density at radius 1 is 1.12 bits per heavy atom. The molecule has 7 nitrogen and oxygen atoms in total. The number of anilines is 1. The summed E-state index contributed by atoms with van der Waals surface area (Å²) in [6.07, 6.45) is -4.63. The molecule has 3 saturated heterocycles. The third kappa shape index (κ3) is 3.21. The number of methoxy groups -OCH3 is 1. The Kier molecular flexibility index (Phi) is 5.92. The molecular weight excluding hydrogens is 465 g/mol. The van der Waals surface area contributed by atoms with Gasteiger partial charge in [0, 0.05) is 0 Å². The minimum atomic E-state index is -4.63. The second kappa shape index (κ2) is 7.68. The van der Waals surface area contributed by atoms with E-state index in [-0.39, 0.29) is 23.7 Å². The number of carbonyl (C=O) groups is 3. The van der Waals surface area contributed by atoms with Gasteiger partial charge >= 0.3 is 12.1 Å². The standard InChI is InChI=1S/C22H25F3N2O5.ClH/c1-10-7-8-11(9-12(10)22(23,24)25)27-17(28)13-14(18(27)29)21(3)16(26(4)5)15(19(30)31-6)20(13,2)32-21;/h7-9,13-16H,1-6H3;1H/t13-,14+,15-,16+,20?,21?;/m0./s1. The molecule has 3 aliphatic heterocycles. The number of hydrogen-bond donors (Lipinski definition) is 0. The quantitative estimate of drug-likeness (QED) is 0.479. The van der Waals surface area contributed by atoms with E-state index in [9.17, 15) is 27.6 Å². The summed E-state index contributed by atoms with van der Waals surface area (Å²) < 4.78 is 51.6. The first-order valence-corrected chi connectivity index (χ1v) is 10.2. The molecule has 33 heavy (non-hydrogen) atoms. The van der Waals surface area contributed by atoms with Crippen LogP contribution < -0.4 is 4.90 Å². The average molecular weight is 491 g/mol. The Hall–Kier alpha value is -2.17. The molecule has 0 aromatic heterocycles. The van der Waals surface area contributed by atoms with Crippen LogP contribution in [-0.2, 0) is 30.0 Å². The molecule has 2 bridgehead atoms. The van der Waals surface area contributed by atoms with Crippen molar-refractivity contribution in [2.24, 2.45) is 17.8 Å². The zero-order valence-electron chi connectivity index (χ0n) is 19.0. The van der Waals surface area contributed by atoms with E-state index in [1.807, 2.05) is 0 Å². The number of imide groups is 1. The molecule has 1 aromatic rings. The number of aryl methyl sites for hydroxylation is 1. The second-order valence-electron chi connectivity index (χ2n) is 9.34. The van der Waals surface area contributed by atoms with Crippen LogP contribution >= 0.6 is 12.4 Å². The van der Waals surface area contributed by atoms with Crippen molar-refractivity contribution in [1.29, 1.82) is 0 Å². The van der Waals surface area contributed by atoms with Crippen LogP contribution in [0, 0.1) is 24.7 Å². The molecule has 6 atom stereocenters. The molecule has 1 aromatic carbocycles. The topological polar surface area (TPSA) is 76.2 Å². The average Bonchev–Trinajstić information content (AvgIpc) is 3.19. The molecule has 4 rings (SSSR count). The van der Waals surface area contributed by atoms with E-state index in [0.29, 0.717) is 0 Å². The van der Waals surface area contributed by atoms with Crippen LogP contribution in [-0.4, -0.2) is 61.1 Å². The lowest BCUT2D eigenvalue weighted by molar-refractivity contribution is -0.155. The minimum absolute atomic E-state index is 0. The minimum Gasteiger partial charge on any atom is -0.469 e. The van der Waals surface area contributed by atoms with Crippen LogP contribution in [0.15, 0.2) is 18.2 Å². The van der Waals surface area contributed by atoms with Crippen molar-refractivity contribution < 1.29 is 37.0 Å². The summed E-state index contributed by atoms with van der Waals surface area (Å²) in [5.41, 5.74) is -3.62. The molecule has 0 aliphatic carbocycles. The lowest BCUT2D eigenvalue weighted by Crippen LogP contribution is -2.61. The van der Waals surface area contributed by atoms with Gasteiger partial charge in [0.15, 0.2) is 0 Å². The molecule has 182 valence electrons. The third-order valence-corrected chi connectivity index (χ3v) is 7.30. The van der Waals surface area contributed by atoms with Crippen molar-refractivity contribution >= 4 is 35.9 Å². The van der Waals surface area contributed by atoms with Crippen molar-refractivity contribution in [2.45, 2.75) is 44.2 Å². The normalized spacial score (nSPS) is 35.2. The molecule has 11 heteroatoms. The highest BCUT2D eigenvalue weighted by Gasteiger charge is 2.81. The maximum Gasteiger partial charge on any atom is 0.416 e. The summed E-state index contributed by atoms with van der Waals surface area (Å²) in [7, 11) is 4.72. The lowest BCUT2D eigenvalue weighted by atomic mass is 9.61. The number of alkyl halides is 3. The van der Waals surface area contributed by atoms with Gasteiger partial charge in [-0.15, -0.1) is 12.4 Å². The highest BCUT2D eigenvalue weighted by molar-refractivity contribution is 6.23. The Bertz CT molecular complexity index is 1030. The van der Waals surface area contributed by atoms with Gasteiger partial charge in [-0.25, -0.2) is 4.90 Å². The Morgan fingerprint density at radius 2 is 1.67 bits per heavy atom. The zero-order chi connectivity index (χ0) is 24.0. The number of esters is 1. The number of amides is 2. The summed E-state index contributed by atoms with van der Waals surface area (Å²) >= 11 is 0. The van der Waals surface area contributed by atoms with Crippen molar-refractivity contribution in [2.75, 3.05) is 26.1 Å². The number of carbonyl (C=O) groups excluding carboxylic acids is 3. The van der Waals surface area contributed by atoms with Gasteiger partial charge in [-0.3, -0.25) is 14.4 Å². The van der Waals surface area contributed by atoms with E-state index in [4.69, 9.17) is 9.47 Å². The molecule has 2 unspecified atom stereocenters. The molecule has 0 spiro atoms. The molecule has 3 fully saturated rings. The first kappa shape index (κ1) is 25.5. The second-order valence-corrected chi connectivity index (χ2v) is 9.34. The number of benzene rings is 1. The van der Waals surface area contributed by atoms with E-state index in [1.165, 1.54) is 26.2 Å². The fourth-order valence-electron chi connectivity index (χ4n) is 6.18. The van der Waals surface area contributed by atoms with Gasteiger partial charge in [-0.2, -0.15) is 13.2 Å². The fourth-order valence-corrected chi connectivity index (χ4v) is 6.18. The predicted molar refractivity (Wildman–Crippen MR) is 114 cm³/mol. The number of halogens is 4. The molecule has 3 aliphatic rings. The molecular formula is C22H26ClF3N2O5. The number of ether oxygens (including phenoxy) is 2. The Morgan fingerprint density at radius 3 is 2.15 bits per heavy atom. The SMILES string of the molecule is COC(=O)[C@@H]1[C@@H](N(C)C)C2(C)OC1(C)[C@@H]1C(=O)N(c3ccc(C)c(C(F)(F)F)c3)C(=O)[C@@H]12.Cl. The van der Waals surface area contributed by atoms with Gasteiger partial charge in [0.05, 0.1) is 47.4 Å². The zero-order valence-corrected chi connectivity index (χ0v) is 19.8. The van der Waals surface area contributed by atoms with Crippen LogP contribution in [0.5, 0.6) is 0 Å². The van der Waals surface area contributed by atoms with Crippen LogP contribution in [0.4, 0.5) is 18.9 Å². The number of nitrogens with zero attached hydrogens (tertiary/aromatic N) is 2. The molecule has 2 amide bonds. The van der Waals surface area contributed by atoms with Crippen molar-refractivity contribution in [1.82, 2.24) is 4.90 Å². The number of rotatable bonds is 3. The number of likely N-dealkylation sites (N-methyl/N-ethyl adjacent to an activating group) is 1. The van der Waals surface area contributed by atoms with Crippen LogP contribution in [0.3, 0.4) is 0 Å². The van der Waals surface area contributed by atoms with Gasteiger partial charge in [0.25, 0.3) is 0 Å². The van der Waals surface area contributed by atoms with E-state index in [2.05, 4.69) is 0 Å². The van der Waals surface area contributed by atoms with Gasteiger partial charge in [0.2, 0.25) is 11.8 Å². The largest absolute Gasteiger partial charge is 0.469 e. The molecule has 0 saturated carbocycles. The highest BCUT2D eigenvalue weighted by Crippen LogP contribution is 2.64. The summed E-state index contributed by atoms with van der Waals surface area (Å²) in [6.45, 7) is 4.59. The first-order valence-electron chi connectivity index (χ1n) is 10.2. The molecule has 0 radical (unpaired) electrons. The maximum absolute atomic E-state index is 13.5. The van der Waals surface area contributed by atoms with E-state index in [0.717, 1.165) is 11.0 Å². The van der Waals surface area contributed by atoms with Gasteiger partial charge in [-0.1, -0.05) is 6.07 Å². The first-order chi connectivity index (χ1) is 14.7. The van der Waals surface area contributed by atoms with E-state index < -0.39 is 64.5 Å². The number of fused-ring (bicyclic) bond motifs is 5. The van der Waals surface area contributed by atoms with Crippen LogP contribution in [0.1, 0.15) is 25.0 Å². The van der Waals surface area contributed by atoms with E-state index >= 15 is 0 Å². The summed E-state index contributed by atoms with van der Waals surface area (Å²) in [6, 6.07) is 2.82. The smallest absolute Gasteiger partial charge is 0.416 e. The summed E-state index contributed by atoms with van der Waals surface area (Å²) in [4.78, 5) is 42.3. The lowest BCUT2D eigenvalue weighted by Gasteiger charge is -2.42. The molecule has 0 N–H and O–H groups in total. The van der Waals surface area contributed by atoms with Crippen LogP contribution in [0.2, 0.25) is 0 Å². The highest BCUT2D eigenvalue weighted by atomic mass is 35.5. The van der Waals surface area contributed by atoms with Gasteiger partial charge < -0.3 is 14.4 Å². The monoisotopic (exact) mass is 490 g/mol. The van der Waals surface area contributed by atoms with Gasteiger partial charge in [-0.05, 0) is 52.6 Å². The van der Waals surface area contributed by atoms with Crippen LogP contribution in [0.25, 0.3) is 0 Å². The maximum atomic E-state index is 13.5. The molecule has 3 heterocycles. The Labute approximate surface area is 195 Å². The third-order valence-electron chi connectivity index (χ3n) is 7.30. The Balaban J connectivity index is 0.00000306. The summed E-state index contributed by atoms with van der Waals surface area (Å²) in [5.74, 6) is -4.68. The fraction of sp³-hybridized carbons (Fsp3) is 0.591. The van der Waals surface area contributed by atoms with E-state index in [1.54, 1.807) is 32.8 Å². The predicted octanol–water partition coefficient (Wildman–Crippen LogP) is 2.82.